The van der Waals surface area contributed by atoms with Gasteiger partial charge < -0.3 is 16.0 Å². The summed E-state index contributed by atoms with van der Waals surface area (Å²) in [4.78, 5) is 23.3. The molecule has 2 aromatic rings. The van der Waals surface area contributed by atoms with Gasteiger partial charge >= 0.3 is 0 Å². The average Bonchev–Trinajstić information content (AvgIpc) is 2.58. The maximum Gasteiger partial charge on any atom is 0.228 e. The minimum Gasteiger partial charge on any atom is -0.332 e. The molecule has 7 heteroatoms. The van der Waals surface area contributed by atoms with Crippen LogP contribution in [0.4, 0.5) is 11.4 Å². The molecule has 2 aromatic carbocycles. The molecule has 0 heterocycles. The van der Waals surface area contributed by atoms with Crippen LogP contribution in [0.25, 0.3) is 0 Å². The largest absolute Gasteiger partial charge is 0.332 e. The number of rotatable bonds is 5. The van der Waals surface area contributed by atoms with Crippen LogP contribution in [0.5, 0.6) is 0 Å². The Bertz CT molecular complexity index is 761. The molecule has 0 bridgehead atoms. The van der Waals surface area contributed by atoms with Gasteiger partial charge in [-0.2, -0.15) is 0 Å². The lowest BCUT2D eigenvalue weighted by Gasteiger charge is -2.10. The SMILES string of the molecule is CCC(=O)NC(=S)Nc1ccc(NC(=O)Cc2ccc(Cl)cc2)cc1. The summed E-state index contributed by atoms with van der Waals surface area (Å²) in [6, 6.07) is 14.2. The Kier molecular flexibility index (Phi) is 6.91. The molecule has 0 aliphatic carbocycles. The van der Waals surface area contributed by atoms with Crippen LogP contribution in [0.3, 0.4) is 0 Å². The van der Waals surface area contributed by atoms with E-state index in [1.165, 1.54) is 0 Å². The van der Waals surface area contributed by atoms with Crippen molar-refractivity contribution in [2.75, 3.05) is 10.6 Å². The van der Waals surface area contributed by atoms with E-state index in [0.29, 0.717) is 17.1 Å². The van der Waals surface area contributed by atoms with Crippen LogP contribution in [-0.4, -0.2) is 16.9 Å². The monoisotopic (exact) mass is 375 g/mol. The summed E-state index contributed by atoms with van der Waals surface area (Å²) in [5.41, 5.74) is 2.28. The van der Waals surface area contributed by atoms with E-state index in [4.69, 9.17) is 23.8 Å². The number of hydrogen-bond donors (Lipinski definition) is 3. The van der Waals surface area contributed by atoms with Gasteiger partial charge in [-0.1, -0.05) is 30.7 Å². The maximum absolute atomic E-state index is 12.1. The smallest absolute Gasteiger partial charge is 0.228 e. The molecule has 25 heavy (non-hydrogen) atoms. The molecule has 0 atom stereocenters. The summed E-state index contributed by atoms with van der Waals surface area (Å²) in [5, 5.41) is 9.17. The molecule has 0 aromatic heterocycles. The van der Waals surface area contributed by atoms with Crippen LogP contribution in [0.1, 0.15) is 18.9 Å². The third-order valence-corrected chi connectivity index (χ3v) is 3.73. The summed E-state index contributed by atoms with van der Waals surface area (Å²) >= 11 is 10.9. The van der Waals surface area contributed by atoms with E-state index in [2.05, 4.69) is 16.0 Å². The van der Waals surface area contributed by atoms with Gasteiger partial charge in [0.15, 0.2) is 5.11 Å². The van der Waals surface area contributed by atoms with Gasteiger partial charge in [-0.15, -0.1) is 0 Å². The summed E-state index contributed by atoms with van der Waals surface area (Å²) in [7, 11) is 0. The number of carbonyl (C=O) groups excluding carboxylic acids is 2. The van der Waals surface area contributed by atoms with Crippen LogP contribution in [0, 0.1) is 0 Å². The zero-order chi connectivity index (χ0) is 18.2. The zero-order valence-electron chi connectivity index (χ0n) is 13.6. The third kappa shape index (κ3) is 6.52. The molecule has 2 amide bonds. The number of carbonyl (C=O) groups is 2. The highest BCUT2D eigenvalue weighted by Gasteiger charge is 2.05. The second-order valence-corrected chi connectivity index (χ2v) is 6.13. The van der Waals surface area contributed by atoms with Crippen molar-refractivity contribution in [3.63, 3.8) is 0 Å². The van der Waals surface area contributed by atoms with Gasteiger partial charge in [0.25, 0.3) is 0 Å². The van der Waals surface area contributed by atoms with Crippen molar-refractivity contribution in [1.29, 1.82) is 0 Å². The fourth-order valence-electron chi connectivity index (χ4n) is 2.01. The summed E-state index contributed by atoms with van der Waals surface area (Å²) in [6.45, 7) is 1.75. The van der Waals surface area contributed by atoms with Crippen molar-refractivity contribution in [3.8, 4) is 0 Å². The highest BCUT2D eigenvalue weighted by Crippen LogP contribution is 2.15. The first kappa shape index (κ1) is 18.9. The summed E-state index contributed by atoms with van der Waals surface area (Å²) in [6.07, 6.45) is 0.630. The Morgan fingerprint density at radius 3 is 2.04 bits per heavy atom. The standard InChI is InChI=1S/C18H18ClN3O2S/c1-2-16(23)22-18(25)21-15-9-7-14(8-10-15)20-17(24)11-12-3-5-13(19)6-4-12/h3-10H,2,11H2,1H3,(H,20,24)(H2,21,22,23,25). The lowest BCUT2D eigenvalue weighted by Crippen LogP contribution is -2.33. The number of thiocarbonyl (C=S) groups is 1. The first-order valence-electron chi connectivity index (χ1n) is 7.71. The minimum absolute atomic E-state index is 0.117. The van der Waals surface area contributed by atoms with E-state index in [1.807, 2.05) is 12.1 Å². The van der Waals surface area contributed by atoms with Gasteiger partial charge in [0, 0.05) is 22.8 Å². The topological polar surface area (TPSA) is 70.2 Å². The molecular weight excluding hydrogens is 358 g/mol. The highest BCUT2D eigenvalue weighted by molar-refractivity contribution is 7.80. The van der Waals surface area contributed by atoms with Crippen LogP contribution in [0.2, 0.25) is 5.02 Å². The molecular formula is C18H18ClN3O2S. The first-order chi connectivity index (χ1) is 12.0. The Morgan fingerprint density at radius 2 is 1.48 bits per heavy atom. The van der Waals surface area contributed by atoms with Crippen molar-refractivity contribution in [1.82, 2.24) is 5.32 Å². The third-order valence-electron chi connectivity index (χ3n) is 3.28. The van der Waals surface area contributed by atoms with Gasteiger partial charge in [0.2, 0.25) is 11.8 Å². The van der Waals surface area contributed by atoms with Crippen LogP contribution < -0.4 is 16.0 Å². The Labute approximate surface area is 156 Å². The Hall–Kier alpha value is -2.44. The number of halogens is 1. The number of hydrogen-bond acceptors (Lipinski definition) is 3. The fourth-order valence-corrected chi connectivity index (χ4v) is 2.36. The first-order valence-corrected chi connectivity index (χ1v) is 8.50. The molecule has 5 nitrogen and oxygen atoms in total. The number of nitrogens with one attached hydrogen (secondary N) is 3. The van der Waals surface area contributed by atoms with Gasteiger partial charge in [0.05, 0.1) is 6.42 Å². The highest BCUT2D eigenvalue weighted by atomic mass is 35.5. The van der Waals surface area contributed by atoms with Crippen molar-refractivity contribution in [2.45, 2.75) is 19.8 Å². The second-order valence-electron chi connectivity index (χ2n) is 5.28. The van der Waals surface area contributed by atoms with E-state index in [-0.39, 0.29) is 23.3 Å². The molecule has 130 valence electrons. The molecule has 3 N–H and O–H groups in total. The van der Waals surface area contributed by atoms with Crippen molar-refractivity contribution < 1.29 is 9.59 Å². The average molecular weight is 376 g/mol. The van der Waals surface area contributed by atoms with E-state index in [0.717, 1.165) is 11.3 Å². The Balaban J connectivity index is 1.87. The van der Waals surface area contributed by atoms with Crippen molar-refractivity contribution >= 4 is 52.1 Å². The molecule has 0 aliphatic heterocycles. The molecule has 0 saturated carbocycles. The number of anilines is 2. The quantitative estimate of drug-likeness (QED) is 0.696. The molecule has 0 fully saturated rings. The molecule has 0 aliphatic rings. The van der Waals surface area contributed by atoms with Gasteiger partial charge in [0.1, 0.15) is 0 Å². The number of amides is 2. The molecule has 0 unspecified atom stereocenters. The lowest BCUT2D eigenvalue weighted by molar-refractivity contribution is -0.119. The van der Waals surface area contributed by atoms with Crippen molar-refractivity contribution in [3.05, 3.63) is 59.1 Å². The van der Waals surface area contributed by atoms with Gasteiger partial charge in [-0.05, 0) is 54.2 Å². The van der Waals surface area contributed by atoms with Crippen LogP contribution in [-0.2, 0) is 16.0 Å². The van der Waals surface area contributed by atoms with Gasteiger partial charge in [-0.3, -0.25) is 9.59 Å². The van der Waals surface area contributed by atoms with Crippen molar-refractivity contribution in [2.24, 2.45) is 0 Å². The van der Waals surface area contributed by atoms with E-state index >= 15 is 0 Å². The fraction of sp³-hybridized carbons (Fsp3) is 0.167. The summed E-state index contributed by atoms with van der Waals surface area (Å²) < 4.78 is 0. The minimum atomic E-state index is -0.149. The molecule has 0 saturated heterocycles. The molecule has 2 rings (SSSR count). The van der Waals surface area contributed by atoms with E-state index in [9.17, 15) is 9.59 Å². The second kappa shape index (κ2) is 9.15. The molecule has 0 radical (unpaired) electrons. The van der Waals surface area contributed by atoms with E-state index < -0.39 is 0 Å². The maximum atomic E-state index is 12.1. The normalized spacial score (nSPS) is 10.0. The summed E-state index contributed by atoms with van der Waals surface area (Å²) in [5.74, 6) is -0.266. The zero-order valence-corrected chi connectivity index (χ0v) is 15.2. The Morgan fingerprint density at radius 1 is 0.920 bits per heavy atom. The molecule has 0 spiro atoms. The van der Waals surface area contributed by atoms with Gasteiger partial charge in [-0.25, -0.2) is 0 Å². The lowest BCUT2D eigenvalue weighted by atomic mass is 10.1. The predicted octanol–water partition coefficient (Wildman–Crippen LogP) is 3.74. The van der Waals surface area contributed by atoms with Crippen LogP contribution >= 0.6 is 23.8 Å². The van der Waals surface area contributed by atoms with Crippen LogP contribution in [0.15, 0.2) is 48.5 Å². The van der Waals surface area contributed by atoms with E-state index in [1.54, 1.807) is 43.3 Å². The number of benzene rings is 2. The predicted molar refractivity (Wildman–Crippen MR) is 105 cm³/mol.